The van der Waals surface area contributed by atoms with Crippen molar-refractivity contribution >= 4 is 5.91 Å². The van der Waals surface area contributed by atoms with Gasteiger partial charge >= 0.3 is 6.18 Å². The van der Waals surface area contributed by atoms with Gasteiger partial charge in [0.05, 0.1) is 0 Å². The van der Waals surface area contributed by atoms with Crippen LogP contribution in [0.3, 0.4) is 0 Å². The lowest BCUT2D eigenvalue weighted by Crippen LogP contribution is -2.51. The Morgan fingerprint density at radius 2 is 1.71 bits per heavy atom. The Kier molecular flexibility index (Phi) is 5.20. The van der Waals surface area contributed by atoms with E-state index in [0.717, 1.165) is 12.1 Å². The number of carbonyl (C=O) groups is 1. The minimum absolute atomic E-state index is 0.0887. The van der Waals surface area contributed by atoms with Crippen LogP contribution < -0.4 is 4.74 Å². The highest BCUT2D eigenvalue weighted by Crippen LogP contribution is 2.23. The molecule has 0 atom stereocenters. The number of likely N-dealkylation sites (N-methyl/N-ethyl adjacent to an activating group) is 1. The maximum Gasteiger partial charge on any atom is 0.406 e. The Balaban J connectivity index is 2.84. The third kappa shape index (κ3) is 5.24. The predicted octanol–water partition coefficient (Wildman–Crippen LogP) is 3.39. The van der Waals surface area contributed by atoms with Crippen molar-refractivity contribution in [3.8, 4) is 5.75 Å². The lowest BCUT2D eigenvalue weighted by Gasteiger charge is -2.32. The van der Waals surface area contributed by atoms with Crippen LogP contribution in [0.25, 0.3) is 0 Å². The molecular weight excluding hydrogens is 290 g/mol. The monoisotopic (exact) mass is 307 g/mol. The van der Waals surface area contributed by atoms with Gasteiger partial charge < -0.3 is 9.64 Å². The first kappa shape index (κ1) is 17.3. The van der Waals surface area contributed by atoms with Gasteiger partial charge in [0.25, 0.3) is 5.91 Å². The summed E-state index contributed by atoms with van der Waals surface area (Å²) >= 11 is 0. The number of rotatable bonds is 5. The molecule has 1 aromatic rings. The van der Waals surface area contributed by atoms with Crippen LogP contribution in [-0.4, -0.2) is 35.7 Å². The van der Waals surface area contributed by atoms with Crippen molar-refractivity contribution in [2.24, 2.45) is 0 Å². The summed E-state index contributed by atoms with van der Waals surface area (Å²) in [7, 11) is 0. The fraction of sp³-hybridized carbons (Fsp3) is 0.500. The van der Waals surface area contributed by atoms with E-state index in [-0.39, 0.29) is 12.3 Å². The van der Waals surface area contributed by atoms with Crippen LogP contribution in [0.2, 0.25) is 0 Å². The Morgan fingerprint density at radius 3 is 2.14 bits per heavy atom. The zero-order valence-electron chi connectivity index (χ0n) is 12.0. The summed E-state index contributed by atoms with van der Waals surface area (Å²) in [5, 5.41) is 0. The second-order valence-corrected chi connectivity index (χ2v) is 5.00. The second kappa shape index (κ2) is 6.32. The molecule has 0 fully saturated rings. The molecule has 0 radical (unpaired) electrons. The molecule has 0 aliphatic heterocycles. The first-order chi connectivity index (χ1) is 9.55. The number of hydrogen-bond donors (Lipinski definition) is 0. The Bertz CT molecular complexity index is 483. The molecule has 0 saturated carbocycles. The molecule has 3 nitrogen and oxygen atoms in total. The first-order valence-corrected chi connectivity index (χ1v) is 6.36. The second-order valence-electron chi connectivity index (χ2n) is 5.00. The number of nitrogens with zero attached hydrogens (tertiary/aromatic N) is 1. The van der Waals surface area contributed by atoms with E-state index in [0.29, 0.717) is 4.90 Å². The van der Waals surface area contributed by atoms with Crippen LogP contribution in [0.1, 0.15) is 20.8 Å². The minimum atomic E-state index is -4.47. The van der Waals surface area contributed by atoms with Gasteiger partial charge in [-0.1, -0.05) is 0 Å². The number of ether oxygens (including phenoxy) is 1. The maximum absolute atomic E-state index is 12.8. The molecule has 0 aliphatic carbocycles. The Morgan fingerprint density at radius 1 is 1.19 bits per heavy atom. The SMILES string of the molecule is CCN(CC(F)(F)F)C(=O)C(C)(C)Oc1ccc(F)cc1. The summed E-state index contributed by atoms with van der Waals surface area (Å²) in [5.74, 6) is -1.05. The van der Waals surface area contributed by atoms with Gasteiger partial charge in [0.1, 0.15) is 18.1 Å². The summed E-state index contributed by atoms with van der Waals surface area (Å²) < 4.78 is 55.5. The van der Waals surface area contributed by atoms with Gasteiger partial charge in [0.15, 0.2) is 5.60 Å². The van der Waals surface area contributed by atoms with E-state index >= 15 is 0 Å². The average molecular weight is 307 g/mol. The number of amides is 1. The van der Waals surface area contributed by atoms with Crippen molar-refractivity contribution in [3.05, 3.63) is 30.1 Å². The van der Waals surface area contributed by atoms with E-state index in [4.69, 9.17) is 4.74 Å². The normalized spacial score (nSPS) is 12.1. The van der Waals surface area contributed by atoms with Crippen LogP contribution in [0.5, 0.6) is 5.75 Å². The molecule has 21 heavy (non-hydrogen) atoms. The lowest BCUT2D eigenvalue weighted by molar-refractivity contribution is -0.169. The van der Waals surface area contributed by atoms with Crippen LogP contribution in [-0.2, 0) is 4.79 Å². The highest BCUT2D eigenvalue weighted by Gasteiger charge is 2.39. The largest absolute Gasteiger partial charge is 0.478 e. The van der Waals surface area contributed by atoms with Crippen LogP contribution in [0, 0.1) is 5.82 Å². The molecule has 0 saturated heterocycles. The molecular formula is C14H17F4NO2. The van der Waals surface area contributed by atoms with Gasteiger partial charge in [-0.3, -0.25) is 4.79 Å². The fourth-order valence-corrected chi connectivity index (χ4v) is 1.77. The highest BCUT2D eigenvalue weighted by atomic mass is 19.4. The Hall–Kier alpha value is -1.79. The molecule has 0 heterocycles. The number of halogens is 4. The average Bonchev–Trinajstić information content (AvgIpc) is 2.36. The van der Waals surface area contributed by atoms with Gasteiger partial charge in [-0.15, -0.1) is 0 Å². The van der Waals surface area contributed by atoms with Gasteiger partial charge in [-0.2, -0.15) is 13.2 Å². The van der Waals surface area contributed by atoms with E-state index in [2.05, 4.69) is 0 Å². The zero-order chi connectivity index (χ0) is 16.3. The van der Waals surface area contributed by atoms with Crippen molar-refractivity contribution in [2.75, 3.05) is 13.1 Å². The zero-order valence-corrected chi connectivity index (χ0v) is 12.0. The highest BCUT2D eigenvalue weighted by molar-refractivity contribution is 5.84. The minimum Gasteiger partial charge on any atom is -0.478 e. The third-order valence-corrected chi connectivity index (χ3v) is 2.74. The lowest BCUT2D eigenvalue weighted by atomic mass is 10.1. The molecule has 0 N–H and O–H groups in total. The van der Waals surface area contributed by atoms with E-state index < -0.39 is 30.0 Å². The molecule has 0 spiro atoms. The molecule has 118 valence electrons. The molecule has 7 heteroatoms. The van der Waals surface area contributed by atoms with Gasteiger partial charge in [0.2, 0.25) is 0 Å². The summed E-state index contributed by atoms with van der Waals surface area (Å²) in [4.78, 5) is 12.8. The van der Waals surface area contributed by atoms with Crippen LogP contribution in [0.4, 0.5) is 17.6 Å². The van der Waals surface area contributed by atoms with E-state index in [1.54, 1.807) is 0 Å². The smallest absolute Gasteiger partial charge is 0.406 e. The molecule has 1 amide bonds. The Labute approximate surface area is 120 Å². The van der Waals surface area contributed by atoms with E-state index in [9.17, 15) is 22.4 Å². The van der Waals surface area contributed by atoms with Crippen molar-refractivity contribution in [2.45, 2.75) is 32.5 Å². The standard InChI is InChI=1S/C14H17F4NO2/c1-4-19(9-14(16,17)18)12(20)13(2,3)21-11-7-5-10(15)6-8-11/h5-8H,4,9H2,1-3H3. The van der Waals surface area contributed by atoms with Gasteiger partial charge in [0, 0.05) is 6.54 Å². The van der Waals surface area contributed by atoms with E-state index in [1.807, 2.05) is 0 Å². The van der Waals surface area contributed by atoms with Crippen molar-refractivity contribution in [3.63, 3.8) is 0 Å². The summed E-state index contributed by atoms with van der Waals surface area (Å²) in [6, 6.07) is 4.90. The van der Waals surface area contributed by atoms with Crippen molar-refractivity contribution in [1.82, 2.24) is 4.90 Å². The number of alkyl halides is 3. The van der Waals surface area contributed by atoms with Gasteiger partial charge in [-0.05, 0) is 45.0 Å². The van der Waals surface area contributed by atoms with Crippen LogP contribution in [0.15, 0.2) is 24.3 Å². The summed E-state index contributed by atoms with van der Waals surface area (Å²) in [5.41, 5.74) is -1.49. The van der Waals surface area contributed by atoms with Crippen molar-refractivity contribution < 1.29 is 27.1 Å². The molecule has 1 rings (SSSR count). The number of hydrogen-bond acceptors (Lipinski definition) is 2. The molecule has 1 aromatic carbocycles. The molecule has 0 aliphatic rings. The molecule has 0 aromatic heterocycles. The quantitative estimate of drug-likeness (QED) is 0.780. The summed E-state index contributed by atoms with van der Waals surface area (Å²) in [6.07, 6.45) is -4.47. The number of carbonyl (C=O) groups excluding carboxylic acids is 1. The summed E-state index contributed by atoms with van der Waals surface area (Å²) in [6.45, 7) is 2.78. The van der Waals surface area contributed by atoms with Gasteiger partial charge in [-0.25, -0.2) is 4.39 Å². The third-order valence-electron chi connectivity index (χ3n) is 2.74. The van der Waals surface area contributed by atoms with Crippen molar-refractivity contribution in [1.29, 1.82) is 0 Å². The topological polar surface area (TPSA) is 29.5 Å². The van der Waals surface area contributed by atoms with Crippen LogP contribution >= 0.6 is 0 Å². The van der Waals surface area contributed by atoms with E-state index in [1.165, 1.54) is 32.9 Å². The maximum atomic E-state index is 12.8. The fourth-order valence-electron chi connectivity index (χ4n) is 1.77. The number of benzene rings is 1. The molecule has 0 bridgehead atoms. The molecule has 0 unspecified atom stereocenters. The first-order valence-electron chi connectivity index (χ1n) is 6.36. The predicted molar refractivity (Wildman–Crippen MR) is 69.4 cm³/mol.